The van der Waals surface area contributed by atoms with Crippen molar-refractivity contribution in [2.24, 2.45) is 0 Å². The van der Waals surface area contributed by atoms with Crippen molar-refractivity contribution in [3.8, 4) is 0 Å². The van der Waals surface area contributed by atoms with Crippen molar-refractivity contribution >= 4 is 11.6 Å². The Bertz CT molecular complexity index is 491. The van der Waals surface area contributed by atoms with Crippen LogP contribution in [0.15, 0.2) is 39.4 Å². The highest BCUT2D eigenvalue weighted by Crippen LogP contribution is 2.05. The van der Waals surface area contributed by atoms with E-state index in [9.17, 15) is 9.59 Å². The smallest absolute Gasteiger partial charge is 0.194 e. The van der Waals surface area contributed by atoms with Gasteiger partial charge >= 0.3 is 0 Å². The Labute approximate surface area is 99.2 Å². The van der Waals surface area contributed by atoms with Crippen molar-refractivity contribution in [1.82, 2.24) is 0 Å². The number of hydrogen-bond donors (Lipinski definition) is 0. The number of Topliss-reactive ketones (excluding diaryl/α,β-unsaturated/α-hetero) is 2. The molecule has 0 N–H and O–H groups in total. The zero-order chi connectivity index (χ0) is 12.8. The molecule has 4 nitrogen and oxygen atoms in total. The van der Waals surface area contributed by atoms with Crippen LogP contribution in [-0.4, -0.2) is 11.6 Å². The van der Waals surface area contributed by atoms with E-state index in [2.05, 4.69) is 0 Å². The molecule has 17 heavy (non-hydrogen) atoms. The second-order valence-corrected chi connectivity index (χ2v) is 3.50. The molecule has 0 aliphatic heterocycles. The van der Waals surface area contributed by atoms with Gasteiger partial charge < -0.3 is 8.83 Å². The van der Waals surface area contributed by atoms with Gasteiger partial charge in [0.05, 0.1) is 6.26 Å². The fourth-order valence-electron chi connectivity index (χ4n) is 1.10. The van der Waals surface area contributed by atoms with Crippen LogP contribution < -0.4 is 0 Å². The van der Waals surface area contributed by atoms with Crippen LogP contribution in [0.4, 0.5) is 0 Å². The van der Waals surface area contributed by atoms with Gasteiger partial charge in [0.2, 0.25) is 0 Å². The Hall–Kier alpha value is -2.10. The summed E-state index contributed by atoms with van der Waals surface area (Å²) in [7, 11) is 0. The summed E-state index contributed by atoms with van der Waals surface area (Å²) in [6, 6.07) is 6.79. The fraction of sp³-hybridized carbons (Fsp3) is 0.231. The zero-order valence-electron chi connectivity index (χ0n) is 10.0. The van der Waals surface area contributed by atoms with Crippen LogP contribution in [-0.2, 0) is 0 Å². The molecule has 0 aliphatic rings. The summed E-state index contributed by atoms with van der Waals surface area (Å²) in [6.45, 7) is 4.77. The Morgan fingerprint density at radius 2 is 1.65 bits per heavy atom. The van der Waals surface area contributed by atoms with Crippen LogP contribution in [0.25, 0.3) is 0 Å². The van der Waals surface area contributed by atoms with Gasteiger partial charge in [-0.2, -0.15) is 0 Å². The highest BCUT2D eigenvalue weighted by atomic mass is 16.3. The topological polar surface area (TPSA) is 60.4 Å². The van der Waals surface area contributed by atoms with Gasteiger partial charge in [0.15, 0.2) is 23.1 Å². The summed E-state index contributed by atoms with van der Waals surface area (Å²) in [4.78, 5) is 21.0. The molecule has 4 heteroatoms. The van der Waals surface area contributed by atoms with E-state index in [-0.39, 0.29) is 11.6 Å². The highest BCUT2D eigenvalue weighted by molar-refractivity contribution is 5.91. The van der Waals surface area contributed by atoms with E-state index in [1.165, 1.54) is 20.1 Å². The van der Waals surface area contributed by atoms with Crippen molar-refractivity contribution in [2.45, 2.75) is 20.8 Å². The average molecular weight is 234 g/mol. The zero-order valence-corrected chi connectivity index (χ0v) is 10.0. The molecule has 0 saturated heterocycles. The van der Waals surface area contributed by atoms with Crippen LogP contribution in [0.1, 0.15) is 40.7 Å². The minimum atomic E-state index is -0.0324. The molecule has 0 fully saturated rings. The van der Waals surface area contributed by atoms with Crippen molar-refractivity contribution < 1.29 is 18.4 Å². The molecular formula is C13H14O4. The third-order valence-electron chi connectivity index (χ3n) is 1.96. The molecule has 0 aromatic carbocycles. The number of furan rings is 2. The summed E-state index contributed by atoms with van der Waals surface area (Å²) < 4.78 is 9.74. The van der Waals surface area contributed by atoms with Gasteiger partial charge in [-0.05, 0) is 31.2 Å². The average Bonchev–Trinajstić information content (AvgIpc) is 2.87. The Kier molecular flexibility index (Phi) is 4.46. The van der Waals surface area contributed by atoms with Crippen LogP contribution in [0.2, 0.25) is 0 Å². The highest BCUT2D eigenvalue weighted by Gasteiger charge is 2.01. The largest absolute Gasteiger partial charge is 0.461 e. The fourth-order valence-corrected chi connectivity index (χ4v) is 1.10. The normalized spacial score (nSPS) is 9.35. The maximum Gasteiger partial charge on any atom is 0.194 e. The molecular weight excluding hydrogens is 220 g/mol. The molecule has 2 aromatic rings. The minimum absolute atomic E-state index is 0.0249. The summed E-state index contributed by atoms with van der Waals surface area (Å²) in [6.07, 6.45) is 1.48. The molecule has 0 saturated carbocycles. The van der Waals surface area contributed by atoms with Gasteiger partial charge in [0.25, 0.3) is 0 Å². The van der Waals surface area contributed by atoms with Crippen molar-refractivity contribution in [1.29, 1.82) is 0 Å². The molecule has 0 aliphatic carbocycles. The van der Waals surface area contributed by atoms with Crippen molar-refractivity contribution in [3.63, 3.8) is 0 Å². The lowest BCUT2D eigenvalue weighted by molar-refractivity contribution is 0.0979. The second kappa shape index (κ2) is 5.84. The Morgan fingerprint density at radius 3 is 1.88 bits per heavy atom. The summed E-state index contributed by atoms with van der Waals surface area (Å²) in [5, 5.41) is 0. The van der Waals surface area contributed by atoms with E-state index in [0.717, 1.165) is 5.76 Å². The first-order valence-electron chi connectivity index (χ1n) is 5.12. The number of carbonyl (C=O) groups is 2. The lowest BCUT2D eigenvalue weighted by atomic mass is 10.3. The summed E-state index contributed by atoms with van der Waals surface area (Å²) >= 11 is 0. The molecule has 2 aromatic heterocycles. The first-order valence-corrected chi connectivity index (χ1v) is 5.12. The quantitative estimate of drug-likeness (QED) is 0.748. The number of ketones is 2. The molecule has 0 radical (unpaired) electrons. The van der Waals surface area contributed by atoms with E-state index in [4.69, 9.17) is 8.83 Å². The van der Waals surface area contributed by atoms with E-state index < -0.39 is 0 Å². The monoisotopic (exact) mass is 234 g/mol. The summed E-state index contributed by atoms with van der Waals surface area (Å²) in [5.41, 5.74) is 0. The van der Waals surface area contributed by atoms with Gasteiger partial charge in [-0.1, -0.05) is 0 Å². The minimum Gasteiger partial charge on any atom is -0.461 e. The first kappa shape index (κ1) is 13.0. The lowest BCUT2D eigenvalue weighted by Gasteiger charge is -1.83. The number of aryl methyl sites for hydroxylation is 1. The molecule has 2 heterocycles. The van der Waals surface area contributed by atoms with Crippen molar-refractivity contribution in [2.75, 3.05) is 0 Å². The Morgan fingerprint density at radius 1 is 1.00 bits per heavy atom. The molecule has 0 spiro atoms. The SMILES string of the molecule is CC(=O)c1ccc(C)o1.CC(=O)c1ccco1. The van der Waals surface area contributed by atoms with Gasteiger partial charge in [0, 0.05) is 13.8 Å². The van der Waals surface area contributed by atoms with Gasteiger partial charge in [-0.25, -0.2) is 0 Å². The van der Waals surface area contributed by atoms with Crippen LogP contribution in [0.3, 0.4) is 0 Å². The molecule has 90 valence electrons. The number of hydrogen-bond acceptors (Lipinski definition) is 4. The molecule has 0 amide bonds. The number of carbonyl (C=O) groups excluding carboxylic acids is 2. The van der Waals surface area contributed by atoms with E-state index in [0.29, 0.717) is 11.5 Å². The van der Waals surface area contributed by atoms with Crippen LogP contribution >= 0.6 is 0 Å². The van der Waals surface area contributed by atoms with Crippen LogP contribution in [0.5, 0.6) is 0 Å². The second-order valence-electron chi connectivity index (χ2n) is 3.50. The van der Waals surface area contributed by atoms with Crippen molar-refractivity contribution in [3.05, 3.63) is 47.8 Å². The molecule has 2 rings (SSSR count). The number of rotatable bonds is 2. The maximum absolute atomic E-state index is 10.6. The third kappa shape index (κ3) is 4.10. The van der Waals surface area contributed by atoms with Crippen LogP contribution in [0, 0.1) is 6.92 Å². The third-order valence-corrected chi connectivity index (χ3v) is 1.96. The van der Waals surface area contributed by atoms with E-state index >= 15 is 0 Å². The predicted molar refractivity (Wildman–Crippen MR) is 62.2 cm³/mol. The Balaban J connectivity index is 0.000000171. The molecule has 0 unspecified atom stereocenters. The molecule has 0 bridgehead atoms. The van der Waals surface area contributed by atoms with Gasteiger partial charge in [-0.15, -0.1) is 0 Å². The first-order chi connectivity index (χ1) is 8.00. The van der Waals surface area contributed by atoms with E-state index in [1.54, 1.807) is 24.3 Å². The maximum atomic E-state index is 10.6. The molecule has 0 atom stereocenters. The predicted octanol–water partition coefficient (Wildman–Crippen LogP) is 3.27. The summed E-state index contributed by atoms with van der Waals surface area (Å²) in [5.74, 6) is 1.58. The van der Waals surface area contributed by atoms with Gasteiger partial charge in [-0.3, -0.25) is 9.59 Å². The lowest BCUT2D eigenvalue weighted by Crippen LogP contribution is -1.85. The van der Waals surface area contributed by atoms with Gasteiger partial charge in [0.1, 0.15) is 5.76 Å². The van der Waals surface area contributed by atoms with E-state index in [1.807, 2.05) is 6.92 Å². The standard InChI is InChI=1S/C7H8O2.C6H6O2/c1-5-3-4-7(9-5)6(2)8;1-5(7)6-3-2-4-8-6/h3-4H,1-2H3;2-4H,1H3.